The molecule has 0 saturated heterocycles. The molecule has 0 radical (unpaired) electrons. The molecule has 0 bridgehead atoms. The largest absolute Gasteiger partial charge is 0.477 e. The summed E-state index contributed by atoms with van der Waals surface area (Å²) < 4.78 is 0.647. The predicted octanol–water partition coefficient (Wildman–Crippen LogP) is 2.49. The van der Waals surface area contributed by atoms with Crippen LogP contribution in [0, 0.1) is 0 Å². The van der Waals surface area contributed by atoms with Gasteiger partial charge in [0.25, 0.3) is 0 Å². The van der Waals surface area contributed by atoms with Crippen LogP contribution in [0.4, 0.5) is 0 Å². The van der Waals surface area contributed by atoms with Crippen molar-refractivity contribution in [1.82, 2.24) is 9.97 Å². The first-order chi connectivity index (χ1) is 6.66. The summed E-state index contributed by atoms with van der Waals surface area (Å²) in [5, 5.41) is 8.66. The van der Waals surface area contributed by atoms with Gasteiger partial charge in [0.2, 0.25) is 0 Å². The summed E-state index contributed by atoms with van der Waals surface area (Å²) in [6, 6.07) is 3.53. The van der Waals surface area contributed by atoms with Crippen molar-refractivity contribution < 1.29 is 9.90 Å². The van der Waals surface area contributed by atoms with Gasteiger partial charge < -0.3 is 10.1 Å². The normalized spacial score (nSPS) is 10.4. The Labute approximate surface area is 88.2 Å². The van der Waals surface area contributed by atoms with Crippen LogP contribution in [-0.2, 0) is 0 Å². The van der Waals surface area contributed by atoms with Crippen molar-refractivity contribution in [2.24, 2.45) is 0 Å². The van der Waals surface area contributed by atoms with Crippen molar-refractivity contribution in [2.45, 2.75) is 0 Å². The van der Waals surface area contributed by atoms with Gasteiger partial charge in [0.1, 0.15) is 11.5 Å². The minimum atomic E-state index is -1.02. The molecule has 0 unspecified atom stereocenters. The number of carboxylic acid groups (broad SMARTS) is 1. The first-order valence-corrected chi connectivity index (χ1v) is 4.90. The number of halogens is 1. The third-order valence-electron chi connectivity index (χ3n) is 1.61. The number of thiophene rings is 1. The molecule has 2 aromatic rings. The minimum absolute atomic E-state index is 0.0736. The highest BCUT2D eigenvalue weighted by Gasteiger charge is 2.09. The second kappa shape index (κ2) is 3.43. The van der Waals surface area contributed by atoms with Crippen LogP contribution in [0.2, 0.25) is 4.34 Å². The molecule has 2 heterocycles. The molecule has 0 aliphatic carbocycles. The van der Waals surface area contributed by atoms with E-state index in [4.69, 9.17) is 16.7 Å². The quantitative estimate of drug-likeness (QED) is 0.830. The molecule has 2 rings (SSSR count). The van der Waals surface area contributed by atoms with E-state index in [1.807, 2.05) is 0 Å². The molecule has 72 valence electrons. The Morgan fingerprint density at radius 1 is 1.57 bits per heavy atom. The molecule has 14 heavy (non-hydrogen) atoms. The molecule has 0 atom stereocenters. The number of carboxylic acids is 1. The summed E-state index contributed by atoms with van der Waals surface area (Å²) in [6.07, 6.45) is 1.28. The molecule has 0 spiro atoms. The highest BCUT2D eigenvalue weighted by atomic mass is 35.5. The standard InChI is InChI=1S/C8H5ClN2O2S/c9-6-2-1-5(14-6)7-10-3-4(11-7)8(12)13/h1-3H,(H,10,11)(H,12,13). The number of hydrogen-bond donors (Lipinski definition) is 2. The van der Waals surface area contributed by atoms with Crippen LogP contribution >= 0.6 is 22.9 Å². The van der Waals surface area contributed by atoms with Crippen molar-refractivity contribution >= 4 is 28.9 Å². The Hall–Kier alpha value is -1.33. The van der Waals surface area contributed by atoms with Crippen LogP contribution in [0.3, 0.4) is 0 Å². The Bertz CT molecular complexity index is 477. The molecule has 0 amide bonds. The average Bonchev–Trinajstić information content (AvgIpc) is 2.70. The zero-order valence-corrected chi connectivity index (χ0v) is 8.39. The van der Waals surface area contributed by atoms with Gasteiger partial charge in [-0.25, -0.2) is 9.78 Å². The van der Waals surface area contributed by atoms with Gasteiger partial charge in [-0.15, -0.1) is 11.3 Å². The summed E-state index contributed by atoms with van der Waals surface area (Å²) >= 11 is 7.08. The first-order valence-electron chi connectivity index (χ1n) is 3.71. The van der Waals surface area contributed by atoms with Crippen molar-refractivity contribution in [3.63, 3.8) is 0 Å². The van der Waals surface area contributed by atoms with Gasteiger partial charge in [0.15, 0.2) is 0 Å². The van der Waals surface area contributed by atoms with Crippen LogP contribution in [-0.4, -0.2) is 21.0 Å². The lowest BCUT2D eigenvalue weighted by molar-refractivity contribution is 0.0691. The van der Waals surface area contributed by atoms with E-state index in [1.54, 1.807) is 12.1 Å². The van der Waals surface area contributed by atoms with Crippen LogP contribution in [0.1, 0.15) is 10.5 Å². The van der Waals surface area contributed by atoms with E-state index < -0.39 is 5.97 Å². The maximum absolute atomic E-state index is 10.6. The summed E-state index contributed by atoms with van der Waals surface area (Å²) in [4.78, 5) is 18.0. The highest BCUT2D eigenvalue weighted by molar-refractivity contribution is 7.19. The van der Waals surface area contributed by atoms with E-state index >= 15 is 0 Å². The third kappa shape index (κ3) is 1.64. The van der Waals surface area contributed by atoms with E-state index in [2.05, 4.69) is 9.97 Å². The van der Waals surface area contributed by atoms with Gasteiger partial charge in [-0.1, -0.05) is 11.6 Å². The number of carbonyl (C=O) groups is 1. The number of nitrogens with one attached hydrogen (secondary N) is 1. The van der Waals surface area contributed by atoms with E-state index in [-0.39, 0.29) is 5.69 Å². The van der Waals surface area contributed by atoms with E-state index in [9.17, 15) is 4.79 Å². The van der Waals surface area contributed by atoms with Gasteiger partial charge in [0, 0.05) is 0 Å². The molecule has 2 N–H and O–H groups in total. The summed E-state index contributed by atoms with van der Waals surface area (Å²) in [7, 11) is 0. The smallest absolute Gasteiger partial charge is 0.353 e. The molecule has 0 aliphatic heterocycles. The third-order valence-corrected chi connectivity index (χ3v) is 2.85. The van der Waals surface area contributed by atoms with Gasteiger partial charge in [-0.05, 0) is 12.1 Å². The van der Waals surface area contributed by atoms with Crippen LogP contribution < -0.4 is 0 Å². The van der Waals surface area contributed by atoms with Crippen molar-refractivity contribution in [3.8, 4) is 10.7 Å². The molecule has 0 fully saturated rings. The van der Waals surface area contributed by atoms with Gasteiger partial charge in [0.05, 0.1) is 15.4 Å². The molecule has 0 aromatic carbocycles. The fraction of sp³-hybridized carbons (Fsp3) is 0. The molecule has 6 heteroatoms. The number of nitrogens with zero attached hydrogens (tertiary/aromatic N) is 1. The van der Waals surface area contributed by atoms with Gasteiger partial charge in [-0.2, -0.15) is 0 Å². The topological polar surface area (TPSA) is 66.0 Å². The maximum atomic E-state index is 10.6. The van der Waals surface area contributed by atoms with Gasteiger partial charge in [-0.3, -0.25) is 0 Å². The Kier molecular flexibility index (Phi) is 2.26. The Morgan fingerprint density at radius 3 is 2.86 bits per heavy atom. The molecule has 4 nitrogen and oxygen atoms in total. The number of hydrogen-bond acceptors (Lipinski definition) is 3. The Morgan fingerprint density at radius 2 is 2.36 bits per heavy atom. The summed E-state index contributed by atoms with van der Waals surface area (Å²) in [5.74, 6) is -0.495. The van der Waals surface area contributed by atoms with Crippen LogP contribution in [0.25, 0.3) is 10.7 Å². The number of H-pyrrole nitrogens is 1. The zero-order chi connectivity index (χ0) is 10.1. The molecule has 0 aliphatic rings. The Balaban J connectivity index is 2.38. The predicted molar refractivity (Wildman–Crippen MR) is 53.9 cm³/mol. The lowest BCUT2D eigenvalue weighted by atomic mass is 10.4. The first kappa shape index (κ1) is 9.23. The fourth-order valence-corrected chi connectivity index (χ4v) is 1.99. The van der Waals surface area contributed by atoms with E-state index in [1.165, 1.54) is 17.5 Å². The fourth-order valence-electron chi connectivity index (χ4n) is 0.997. The molecule has 2 aromatic heterocycles. The summed E-state index contributed by atoms with van der Waals surface area (Å²) in [6.45, 7) is 0. The van der Waals surface area contributed by atoms with Crippen molar-refractivity contribution in [2.75, 3.05) is 0 Å². The van der Waals surface area contributed by atoms with E-state index in [0.717, 1.165) is 4.88 Å². The maximum Gasteiger partial charge on any atom is 0.353 e. The SMILES string of the molecule is O=C(O)c1cnc(-c2ccc(Cl)s2)[nH]1. The zero-order valence-electron chi connectivity index (χ0n) is 6.82. The molecular formula is C8H5ClN2O2S. The monoisotopic (exact) mass is 228 g/mol. The minimum Gasteiger partial charge on any atom is -0.477 e. The van der Waals surface area contributed by atoms with Crippen LogP contribution in [0.15, 0.2) is 18.3 Å². The van der Waals surface area contributed by atoms with Crippen LogP contribution in [0.5, 0.6) is 0 Å². The van der Waals surface area contributed by atoms with Crippen molar-refractivity contribution in [1.29, 1.82) is 0 Å². The number of aromatic nitrogens is 2. The molecule has 0 saturated carbocycles. The highest BCUT2D eigenvalue weighted by Crippen LogP contribution is 2.28. The second-order valence-corrected chi connectivity index (χ2v) is 4.27. The molecular weight excluding hydrogens is 224 g/mol. The second-order valence-electron chi connectivity index (χ2n) is 2.55. The number of aromatic carboxylic acids is 1. The number of rotatable bonds is 2. The lowest BCUT2D eigenvalue weighted by Gasteiger charge is -1.88. The van der Waals surface area contributed by atoms with Gasteiger partial charge >= 0.3 is 5.97 Å². The lowest BCUT2D eigenvalue weighted by Crippen LogP contribution is -1.95. The average molecular weight is 229 g/mol. The summed E-state index contributed by atoms with van der Waals surface area (Å²) in [5.41, 5.74) is 0.0736. The van der Waals surface area contributed by atoms with E-state index in [0.29, 0.717) is 10.2 Å². The number of aromatic amines is 1. The van der Waals surface area contributed by atoms with Crippen molar-refractivity contribution in [3.05, 3.63) is 28.4 Å². The number of imidazole rings is 1.